The highest BCUT2D eigenvalue weighted by Gasteiger charge is 2.00. The van der Waals surface area contributed by atoms with E-state index >= 15 is 0 Å². The Morgan fingerprint density at radius 3 is 2.47 bits per heavy atom. The molecule has 2 aromatic rings. The van der Waals surface area contributed by atoms with Crippen molar-refractivity contribution in [1.82, 2.24) is 19.9 Å². The Morgan fingerprint density at radius 1 is 1.00 bits per heavy atom. The predicted molar refractivity (Wildman–Crippen MR) is 51.5 cm³/mol. The number of hydrogen-bond acceptors (Lipinski definition) is 4. The molecule has 0 aliphatic rings. The van der Waals surface area contributed by atoms with Crippen LogP contribution in [0.15, 0.2) is 32.7 Å². The van der Waals surface area contributed by atoms with Gasteiger partial charge in [0, 0.05) is 12.3 Å². The van der Waals surface area contributed by atoms with Gasteiger partial charge in [-0.05, 0) is 6.07 Å². The van der Waals surface area contributed by atoms with E-state index in [9.17, 15) is 14.4 Å². The number of H-pyrrole nitrogens is 3. The summed E-state index contributed by atoms with van der Waals surface area (Å²) in [5, 5.41) is 0. The van der Waals surface area contributed by atoms with Crippen molar-refractivity contribution in [1.29, 1.82) is 0 Å². The van der Waals surface area contributed by atoms with E-state index in [2.05, 4.69) is 15.0 Å². The first-order valence-corrected chi connectivity index (χ1v) is 4.04. The molecule has 0 spiro atoms. The van der Waals surface area contributed by atoms with E-state index in [0.717, 1.165) is 0 Å². The van der Waals surface area contributed by atoms with Crippen molar-refractivity contribution in [2.45, 2.75) is 0 Å². The molecule has 2 rings (SSSR count). The van der Waals surface area contributed by atoms with Crippen molar-refractivity contribution in [2.75, 3.05) is 0 Å². The van der Waals surface area contributed by atoms with E-state index in [1.54, 1.807) is 0 Å². The monoisotopic (exact) mass is 206 g/mol. The molecule has 76 valence electrons. The van der Waals surface area contributed by atoms with Crippen molar-refractivity contribution in [3.63, 3.8) is 0 Å². The van der Waals surface area contributed by atoms with Gasteiger partial charge < -0.3 is 9.97 Å². The van der Waals surface area contributed by atoms with Crippen LogP contribution in [0.3, 0.4) is 0 Å². The third-order valence-electron chi connectivity index (χ3n) is 1.73. The molecule has 0 amide bonds. The molecule has 15 heavy (non-hydrogen) atoms. The van der Waals surface area contributed by atoms with E-state index in [-0.39, 0.29) is 5.69 Å². The van der Waals surface area contributed by atoms with Gasteiger partial charge >= 0.3 is 11.4 Å². The number of nitrogens with one attached hydrogen (secondary N) is 3. The second-order valence-corrected chi connectivity index (χ2v) is 2.79. The van der Waals surface area contributed by atoms with Gasteiger partial charge in [-0.15, -0.1) is 0 Å². The van der Waals surface area contributed by atoms with Crippen molar-refractivity contribution >= 4 is 0 Å². The Morgan fingerprint density at radius 2 is 1.80 bits per heavy atom. The molecule has 0 saturated heterocycles. The first-order chi connectivity index (χ1) is 7.15. The second kappa shape index (κ2) is 3.37. The van der Waals surface area contributed by atoms with Crippen molar-refractivity contribution in [3.05, 3.63) is 49.7 Å². The molecule has 0 bridgehead atoms. The molecule has 0 radical (unpaired) electrons. The number of aromatic nitrogens is 4. The maximum atomic E-state index is 11.0. The molecule has 0 aromatic carbocycles. The van der Waals surface area contributed by atoms with E-state index in [1.807, 2.05) is 4.98 Å². The molecule has 0 saturated carbocycles. The van der Waals surface area contributed by atoms with Gasteiger partial charge in [-0.1, -0.05) is 0 Å². The van der Waals surface area contributed by atoms with E-state index in [4.69, 9.17) is 0 Å². The van der Waals surface area contributed by atoms with E-state index in [0.29, 0.717) is 5.69 Å². The lowest BCUT2D eigenvalue weighted by Crippen LogP contribution is -2.22. The smallest absolute Gasteiger partial charge is 0.305 e. The first kappa shape index (κ1) is 9.13. The fraction of sp³-hybridized carbons (Fsp3) is 0. The summed E-state index contributed by atoms with van der Waals surface area (Å²) in [6.45, 7) is 0. The highest BCUT2D eigenvalue weighted by molar-refractivity contribution is 5.51. The van der Waals surface area contributed by atoms with Crippen molar-refractivity contribution in [2.24, 2.45) is 0 Å². The number of aromatic amines is 3. The quantitative estimate of drug-likeness (QED) is 0.544. The predicted octanol–water partition coefficient (Wildman–Crippen LogP) is -1.19. The molecule has 0 aliphatic carbocycles. The second-order valence-electron chi connectivity index (χ2n) is 2.79. The zero-order valence-corrected chi connectivity index (χ0v) is 7.40. The molecule has 2 heterocycles. The minimum atomic E-state index is -0.629. The van der Waals surface area contributed by atoms with Gasteiger partial charge in [-0.3, -0.25) is 9.78 Å². The van der Waals surface area contributed by atoms with Crippen LogP contribution in [0.5, 0.6) is 0 Å². The van der Waals surface area contributed by atoms with Crippen LogP contribution < -0.4 is 16.9 Å². The van der Waals surface area contributed by atoms with Gasteiger partial charge in [0.15, 0.2) is 0 Å². The Kier molecular flexibility index (Phi) is 2.05. The third-order valence-corrected chi connectivity index (χ3v) is 1.73. The van der Waals surface area contributed by atoms with Gasteiger partial charge in [0.25, 0.3) is 5.56 Å². The lowest BCUT2D eigenvalue weighted by atomic mass is 10.3. The van der Waals surface area contributed by atoms with Crippen LogP contribution in [0.25, 0.3) is 11.4 Å². The summed E-state index contributed by atoms with van der Waals surface area (Å²) in [6.07, 6.45) is 1.29. The molecular weight excluding hydrogens is 200 g/mol. The zero-order valence-electron chi connectivity index (χ0n) is 7.40. The minimum absolute atomic E-state index is 0.239. The third kappa shape index (κ3) is 1.90. The fourth-order valence-electron chi connectivity index (χ4n) is 1.14. The minimum Gasteiger partial charge on any atom is -0.305 e. The van der Waals surface area contributed by atoms with Gasteiger partial charge in [-0.25, -0.2) is 14.6 Å². The van der Waals surface area contributed by atoms with Crippen molar-refractivity contribution in [3.8, 4) is 11.4 Å². The average Bonchev–Trinajstić information content (AvgIpc) is 2.16. The zero-order chi connectivity index (χ0) is 10.8. The summed E-state index contributed by atoms with van der Waals surface area (Å²) in [5.74, 6) is 0. The lowest BCUT2D eigenvalue weighted by molar-refractivity contribution is 1.02. The van der Waals surface area contributed by atoms with Crippen LogP contribution in [-0.2, 0) is 0 Å². The molecule has 0 fully saturated rings. The summed E-state index contributed by atoms with van der Waals surface area (Å²) >= 11 is 0. The van der Waals surface area contributed by atoms with E-state index < -0.39 is 16.9 Å². The summed E-state index contributed by atoms with van der Waals surface area (Å²) < 4.78 is 0. The number of rotatable bonds is 1. The Labute approximate surface area is 81.9 Å². The summed E-state index contributed by atoms with van der Waals surface area (Å²) in [4.78, 5) is 43.0. The van der Waals surface area contributed by atoms with E-state index in [1.165, 1.54) is 18.3 Å². The van der Waals surface area contributed by atoms with Gasteiger partial charge in [0.05, 0.1) is 11.4 Å². The van der Waals surface area contributed by atoms with Crippen molar-refractivity contribution < 1.29 is 0 Å². The SMILES string of the molecule is O=c1cc(-c2ccnc(=O)[nH]2)[nH]c(=O)[nH]1. The number of nitrogens with zero attached hydrogens (tertiary/aromatic N) is 1. The Hall–Kier alpha value is -2.44. The largest absolute Gasteiger partial charge is 0.345 e. The van der Waals surface area contributed by atoms with Crippen LogP contribution in [-0.4, -0.2) is 19.9 Å². The van der Waals surface area contributed by atoms with Crippen LogP contribution in [0.2, 0.25) is 0 Å². The molecule has 0 atom stereocenters. The highest BCUT2D eigenvalue weighted by atomic mass is 16.2. The Bertz CT molecular complexity index is 623. The average molecular weight is 206 g/mol. The number of hydrogen-bond donors (Lipinski definition) is 3. The molecule has 7 heteroatoms. The van der Waals surface area contributed by atoms with Crippen LogP contribution in [0, 0.1) is 0 Å². The van der Waals surface area contributed by atoms with Gasteiger partial charge in [0.2, 0.25) is 0 Å². The van der Waals surface area contributed by atoms with Crippen LogP contribution in [0.1, 0.15) is 0 Å². The first-order valence-electron chi connectivity index (χ1n) is 4.04. The fourth-order valence-corrected chi connectivity index (χ4v) is 1.14. The van der Waals surface area contributed by atoms with Gasteiger partial charge in [-0.2, -0.15) is 0 Å². The summed E-state index contributed by atoms with van der Waals surface area (Å²) in [7, 11) is 0. The molecule has 7 nitrogen and oxygen atoms in total. The summed E-state index contributed by atoms with van der Waals surface area (Å²) in [5.41, 5.74) is -1.14. The lowest BCUT2D eigenvalue weighted by Gasteiger charge is -1.98. The molecule has 2 aromatic heterocycles. The standard InChI is InChI=1S/C8H6N4O3/c13-6-3-5(11-8(15)12-6)4-1-2-9-7(14)10-4/h1-3H,(H,9,10,14)(H2,11,12,13,15). The van der Waals surface area contributed by atoms with Crippen LogP contribution in [0.4, 0.5) is 0 Å². The molecule has 0 unspecified atom stereocenters. The van der Waals surface area contributed by atoms with Crippen LogP contribution >= 0.6 is 0 Å². The van der Waals surface area contributed by atoms with Gasteiger partial charge in [0.1, 0.15) is 0 Å². The normalized spacial score (nSPS) is 10.1. The topological polar surface area (TPSA) is 111 Å². The molecule has 3 N–H and O–H groups in total. The molecule has 0 aliphatic heterocycles. The maximum Gasteiger partial charge on any atom is 0.345 e. The Balaban J connectivity index is 2.69. The maximum absolute atomic E-state index is 11.0. The molecular formula is C8H6N4O3. The summed E-state index contributed by atoms with van der Waals surface area (Å²) in [6, 6.07) is 2.65. The highest BCUT2D eigenvalue weighted by Crippen LogP contribution is 2.05.